The standard InChI is InChI=1S/C14H30N2/c1-3-7-14-8-5-6-10-16(14)11-9-13(4-2)12-15/h13-14H,3-12,15H2,1-2H3. The number of nitrogens with zero attached hydrogens (tertiary/aromatic N) is 1. The summed E-state index contributed by atoms with van der Waals surface area (Å²) in [7, 11) is 0. The largest absolute Gasteiger partial charge is 0.330 e. The summed E-state index contributed by atoms with van der Waals surface area (Å²) < 4.78 is 0. The molecular formula is C14H30N2. The Morgan fingerprint density at radius 3 is 2.75 bits per heavy atom. The van der Waals surface area contributed by atoms with Gasteiger partial charge in [-0.25, -0.2) is 0 Å². The number of piperidine rings is 1. The second-order valence-electron chi connectivity index (χ2n) is 5.27. The molecule has 0 aliphatic carbocycles. The van der Waals surface area contributed by atoms with Crippen LogP contribution in [0.5, 0.6) is 0 Å². The molecule has 0 amide bonds. The Bertz CT molecular complexity index is 164. The first-order valence-electron chi connectivity index (χ1n) is 7.25. The summed E-state index contributed by atoms with van der Waals surface area (Å²) in [4.78, 5) is 2.73. The fraction of sp³-hybridized carbons (Fsp3) is 1.00. The number of likely N-dealkylation sites (tertiary alicyclic amines) is 1. The summed E-state index contributed by atoms with van der Waals surface area (Å²) in [6, 6.07) is 0.869. The van der Waals surface area contributed by atoms with E-state index >= 15 is 0 Å². The molecular weight excluding hydrogens is 196 g/mol. The van der Waals surface area contributed by atoms with Gasteiger partial charge in [-0.05, 0) is 51.2 Å². The lowest BCUT2D eigenvalue weighted by Crippen LogP contribution is -2.40. The minimum Gasteiger partial charge on any atom is -0.330 e. The Morgan fingerprint density at radius 1 is 1.31 bits per heavy atom. The first-order valence-corrected chi connectivity index (χ1v) is 7.25. The van der Waals surface area contributed by atoms with Crippen LogP contribution >= 0.6 is 0 Å². The van der Waals surface area contributed by atoms with Crippen molar-refractivity contribution in [1.82, 2.24) is 4.90 Å². The van der Waals surface area contributed by atoms with Gasteiger partial charge in [-0.2, -0.15) is 0 Å². The van der Waals surface area contributed by atoms with Crippen LogP contribution in [-0.4, -0.2) is 30.6 Å². The molecule has 1 saturated heterocycles. The van der Waals surface area contributed by atoms with Gasteiger partial charge in [0.05, 0.1) is 0 Å². The third kappa shape index (κ3) is 4.42. The van der Waals surface area contributed by atoms with Crippen molar-refractivity contribution in [2.24, 2.45) is 11.7 Å². The SMILES string of the molecule is CCCC1CCCCN1CCC(CC)CN. The zero-order valence-corrected chi connectivity index (χ0v) is 11.3. The third-order valence-electron chi connectivity index (χ3n) is 4.11. The van der Waals surface area contributed by atoms with Crippen molar-refractivity contribution in [3.8, 4) is 0 Å². The average molecular weight is 226 g/mol. The lowest BCUT2D eigenvalue weighted by molar-refractivity contribution is 0.130. The summed E-state index contributed by atoms with van der Waals surface area (Å²) in [5, 5.41) is 0. The van der Waals surface area contributed by atoms with Gasteiger partial charge in [0.25, 0.3) is 0 Å². The van der Waals surface area contributed by atoms with Gasteiger partial charge in [0.15, 0.2) is 0 Å². The molecule has 1 heterocycles. The minimum absolute atomic E-state index is 0.740. The molecule has 1 aliphatic rings. The molecule has 2 atom stereocenters. The lowest BCUT2D eigenvalue weighted by Gasteiger charge is -2.36. The second-order valence-corrected chi connectivity index (χ2v) is 5.27. The van der Waals surface area contributed by atoms with Gasteiger partial charge >= 0.3 is 0 Å². The van der Waals surface area contributed by atoms with Gasteiger partial charge < -0.3 is 10.6 Å². The van der Waals surface area contributed by atoms with E-state index in [0.717, 1.165) is 18.5 Å². The van der Waals surface area contributed by atoms with Gasteiger partial charge in [-0.3, -0.25) is 0 Å². The number of rotatable bonds is 7. The summed E-state index contributed by atoms with van der Waals surface area (Å²) in [6.07, 6.45) is 9.52. The van der Waals surface area contributed by atoms with E-state index in [0.29, 0.717) is 0 Å². The molecule has 0 spiro atoms. The van der Waals surface area contributed by atoms with E-state index in [9.17, 15) is 0 Å². The molecule has 96 valence electrons. The number of hydrogen-bond donors (Lipinski definition) is 1. The molecule has 1 rings (SSSR count). The monoisotopic (exact) mass is 226 g/mol. The molecule has 0 bridgehead atoms. The molecule has 0 radical (unpaired) electrons. The third-order valence-corrected chi connectivity index (χ3v) is 4.11. The Labute approximate surface area is 102 Å². The summed E-state index contributed by atoms with van der Waals surface area (Å²) >= 11 is 0. The summed E-state index contributed by atoms with van der Waals surface area (Å²) in [6.45, 7) is 8.04. The molecule has 2 nitrogen and oxygen atoms in total. The van der Waals surface area contributed by atoms with E-state index in [1.165, 1.54) is 58.0 Å². The van der Waals surface area contributed by atoms with Crippen LogP contribution < -0.4 is 5.73 Å². The van der Waals surface area contributed by atoms with Crippen LogP contribution in [0.3, 0.4) is 0 Å². The molecule has 16 heavy (non-hydrogen) atoms. The highest BCUT2D eigenvalue weighted by Crippen LogP contribution is 2.22. The summed E-state index contributed by atoms with van der Waals surface area (Å²) in [5.74, 6) is 0.740. The van der Waals surface area contributed by atoms with Crippen LogP contribution in [0.4, 0.5) is 0 Å². The maximum atomic E-state index is 5.77. The Hall–Kier alpha value is -0.0800. The fourth-order valence-electron chi connectivity index (χ4n) is 2.85. The van der Waals surface area contributed by atoms with Crippen molar-refractivity contribution in [1.29, 1.82) is 0 Å². The highest BCUT2D eigenvalue weighted by Gasteiger charge is 2.21. The maximum absolute atomic E-state index is 5.77. The van der Waals surface area contributed by atoms with Crippen LogP contribution in [0.1, 0.15) is 58.8 Å². The fourth-order valence-corrected chi connectivity index (χ4v) is 2.85. The Balaban J connectivity index is 2.31. The normalized spacial score (nSPS) is 24.6. The minimum atomic E-state index is 0.740. The predicted octanol–water partition coefficient (Wildman–Crippen LogP) is 3.02. The van der Waals surface area contributed by atoms with E-state index < -0.39 is 0 Å². The zero-order valence-electron chi connectivity index (χ0n) is 11.3. The van der Waals surface area contributed by atoms with Crippen LogP contribution in [0, 0.1) is 5.92 Å². The lowest BCUT2D eigenvalue weighted by atomic mass is 9.96. The average Bonchev–Trinajstić information content (AvgIpc) is 2.33. The van der Waals surface area contributed by atoms with Gasteiger partial charge in [-0.1, -0.05) is 33.1 Å². The highest BCUT2D eigenvalue weighted by molar-refractivity contribution is 4.77. The molecule has 1 fully saturated rings. The van der Waals surface area contributed by atoms with Crippen LogP contribution in [0.15, 0.2) is 0 Å². The summed E-state index contributed by atoms with van der Waals surface area (Å²) in [5.41, 5.74) is 5.77. The smallest absolute Gasteiger partial charge is 0.00951 e. The van der Waals surface area contributed by atoms with Crippen LogP contribution in [0.2, 0.25) is 0 Å². The quantitative estimate of drug-likeness (QED) is 0.723. The zero-order chi connectivity index (χ0) is 11.8. The first kappa shape index (κ1) is 14.0. The molecule has 2 heteroatoms. The topological polar surface area (TPSA) is 29.3 Å². The van der Waals surface area contributed by atoms with E-state index in [-0.39, 0.29) is 0 Å². The van der Waals surface area contributed by atoms with Gasteiger partial charge in [0, 0.05) is 6.04 Å². The Morgan fingerprint density at radius 2 is 2.12 bits per heavy atom. The van der Waals surface area contributed by atoms with Crippen molar-refractivity contribution in [3.05, 3.63) is 0 Å². The van der Waals surface area contributed by atoms with Crippen LogP contribution in [-0.2, 0) is 0 Å². The molecule has 2 N–H and O–H groups in total. The van der Waals surface area contributed by atoms with Crippen LogP contribution in [0.25, 0.3) is 0 Å². The van der Waals surface area contributed by atoms with Crippen molar-refractivity contribution in [3.63, 3.8) is 0 Å². The van der Waals surface area contributed by atoms with E-state index in [1.807, 2.05) is 0 Å². The second kappa shape index (κ2) is 8.08. The van der Waals surface area contributed by atoms with E-state index in [4.69, 9.17) is 5.73 Å². The van der Waals surface area contributed by atoms with Crippen molar-refractivity contribution < 1.29 is 0 Å². The maximum Gasteiger partial charge on any atom is 0.00951 e. The molecule has 0 aromatic heterocycles. The number of nitrogens with two attached hydrogens (primary N) is 1. The molecule has 0 aromatic rings. The van der Waals surface area contributed by atoms with Crippen molar-refractivity contribution in [2.45, 2.75) is 64.8 Å². The molecule has 2 unspecified atom stereocenters. The van der Waals surface area contributed by atoms with E-state index in [2.05, 4.69) is 18.7 Å². The van der Waals surface area contributed by atoms with Crippen molar-refractivity contribution >= 4 is 0 Å². The molecule has 0 saturated carbocycles. The Kier molecular flexibility index (Phi) is 7.06. The number of hydrogen-bond acceptors (Lipinski definition) is 2. The molecule has 0 aromatic carbocycles. The highest BCUT2D eigenvalue weighted by atomic mass is 15.2. The van der Waals surface area contributed by atoms with Gasteiger partial charge in [0.2, 0.25) is 0 Å². The predicted molar refractivity (Wildman–Crippen MR) is 71.6 cm³/mol. The first-order chi connectivity index (χ1) is 7.81. The van der Waals surface area contributed by atoms with Gasteiger partial charge in [0.1, 0.15) is 0 Å². The van der Waals surface area contributed by atoms with Crippen molar-refractivity contribution in [2.75, 3.05) is 19.6 Å². The van der Waals surface area contributed by atoms with Gasteiger partial charge in [-0.15, -0.1) is 0 Å². The molecule has 1 aliphatic heterocycles. The van der Waals surface area contributed by atoms with E-state index in [1.54, 1.807) is 0 Å².